The van der Waals surface area contributed by atoms with Crippen molar-refractivity contribution in [2.75, 3.05) is 33.5 Å². The summed E-state index contributed by atoms with van der Waals surface area (Å²) in [7, 11) is 2.06. The molecule has 0 saturated carbocycles. The molecular weight excluding hydrogens is 390 g/mol. The Labute approximate surface area is 177 Å². The number of rotatable bonds is 7. The van der Waals surface area contributed by atoms with Gasteiger partial charge in [-0.05, 0) is 43.4 Å². The van der Waals surface area contributed by atoms with Gasteiger partial charge in [0.2, 0.25) is 0 Å². The molecule has 0 radical (unpaired) electrons. The summed E-state index contributed by atoms with van der Waals surface area (Å²) in [5, 5.41) is 0.736. The second kappa shape index (κ2) is 9.34. The molecule has 1 fully saturated rings. The van der Waals surface area contributed by atoms with Gasteiger partial charge in [-0.1, -0.05) is 23.7 Å². The van der Waals surface area contributed by atoms with Gasteiger partial charge in [-0.15, -0.1) is 0 Å². The number of nitrogens with zero attached hydrogens (tertiary/aromatic N) is 4. The number of hydrogen-bond acceptors (Lipinski definition) is 7. The fourth-order valence-corrected chi connectivity index (χ4v) is 4.06. The molecule has 158 valence electrons. The lowest BCUT2D eigenvalue weighted by Gasteiger charge is -2.36. The van der Waals surface area contributed by atoms with Crippen molar-refractivity contribution in [2.45, 2.75) is 44.8 Å². The molecule has 4 rings (SSSR count). The summed E-state index contributed by atoms with van der Waals surface area (Å²) in [6, 6.07) is 7.87. The number of fused-ring (bicyclic) bond motifs is 1. The average Bonchev–Trinajstić information content (AvgIpc) is 3.04. The van der Waals surface area contributed by atoms with E-state index >= 15 is 0 Å². The number of aliphatic imine (C=N–C) groups is 1. The van der Waals surface area contributed by atoms with Gasteiger partial charge in [0.05, 0.1) is 19.0 Å². The van der Waals surface area contributed by atoms with Crippen LogP contribution in [0.4, 0.5) is 0 Å². The van der Waals surface area contributed by atoms with E-state index in [4.69, 9.17) is 26.8 Å². The third-order valence-corrected chi connectivity index (χ3v) is 5.72. The third-order valence-electron chi connectivity index (χ3n) is 5.47. The molecule has 1 saturated heterocycles. The van der Waals surface area contributed by atoms with Crippen molar-refractivity contribution in [1.29, 1.82) is 0 Å². The van der Waals surface area contributed by atoms with Gasteiger partial charge < -0.3 is 24.2 Å². The van der Waals surface area contributed by atoms with Gasteiger partial charge in [0, 0.05) is 38.0 Å². The number of likely N-dealkylation sites (N-methyl/N-ethyl adjacent to an activating group) is 1. The highest BCUT2D eigenvalue weighted by Gasteiger charge is 2.34. The number of hydrogen-bond donors (Lipinski definition) is 1. The van der Waals surface area contributed by atoms with Crippen molar-refractivity contribution in [3.8, 4) is 0 Å². The minimum absolute atomic E-state index is 0.0208. The van der Waals surface area contributed by atoms with Crippen LogP contribution >= 0.6 is 11.6 Å². The van der Waals surface area contributed by atoms with Gasteiger partial charge in [-0.2, -0.15) is 0 Å². The quantitative estimate of drug-likeness (QED) is 0.685. The molecule has 2 unspecified atom stereocenters. The molecule has 29 heavy (non-hydrogen) atoms. The van der Waals surface area contributed by atoms with Gasteiger partial charge in [0.15, 0.2) is 18.4 Å². The molecule has 0 amide bonds. The average molecular weight is 420 g/mol. The minimum Gasteiger partial charge on any atom is -0.358 e. The Hall–Kier alpha value is -1.80. The summed E-state index contributed by atoms with van der Waals surface area (Å²) in [5.41, 5.74) is 8.54. The summed E-state index contributed by atoms with van der Waals surface area (Å²) in [6.45, 7) is 3.94. The van der Waals surface area contributed by atoms with Crippen LogP contribution in [0.25, 0.3) is 0 Å². The summed E-state index contributed by atoms with van der Waals surface area (Å²) >= 11 is 6.01. The zero-order chi connectivity index (χ0) is 20.2. The lowest BCUT2D eigenvalue weighted by Crippen LogP contribution is -2.45. The van der Waals surface area contributed by atoms with E-state index in [0.717, 1.165) is 61.2 Å². The van der Waals surface area contributed by atoms with E-state index in [9.17, 15) is 0 Å². The van der Waals surface area contributed by atoms with Crippen molar-refractivity contribution >= 4 is 17.4 Å². The van der Waals surface area contributed by atoms with Crippen LogP contribution in [0.2, 0.25) is 5.02 Å². The van der Waals surface area contributed by atoms with Crippen molar-refractivity contribution in [3.63, 3.8) is 0 Å². The summed E-state index contributed by atoms with van der Waals surface area (Å²) in [5.74, 6) is 0.953. The van der Waals surface area contributed by atoms with Gasteiger partial charge in [-0.25, -0.2) is 4.99 Å². The van der Waals surface area contributed by atoms with Crippen LogP contribution in [0.5, 0.6) is 0 Å². The topological polar surface area (TPSA) is 66.6 Å². The van der Waals surface area contributed by atoms with Crippen molar-refractivity contribution < 1.29 is 9.47 Å². The normalized spacial score (nSPS) is 24.4. The van der Waals surface area contributed by atoms with Crippen molar-refractivity contribution in [2.24, 2.45) is 10.7 Å². The molecule has 1 aromatic carbocycles. The first-order chi connectivity index (χ1) is 14.1. The summed E-state index contributed by atoms with van der Waals surface area (Å²) < 4.78 is 11.5. The zero-order valence-electron chi connectivity index (χ0n) is 17.0. The molecule has 0 aliphatic carbocycles. The van der Waals surface area contributed by atoms with E-state index in [0.29, 0.717) is 13.2 Å². The first-order valence-electron chi connectivity index (χ1n) is 10.4. The van der Waals surface area contributed by atoms with Crippen molar-refractivity contribution in [3.05, 3.63) is 46.7 Å². The third kappa shape index (κ3) is 5.04. The molecule has 1 aromatic rings. The number of halogens is 1. The van der Waals surface area contributed by atoms with Crippen LogP contribution in [0.3, 0.4) is 0 Å². The Balaban J connectivity index is 1.35. The highest BCUT2D eigenvalue weighted by atomic mass is 35.5. The maximum absolute atomic E-state index is 6.32. The zero-order valence-corrected chi connectivity index (χ0v) is 17.7. The molecule has 3 heterocycles. The van der Waals surface area contributed by atoms with E-state index < -0.39 is 0 Å². The van der Waals surface area contributed by atoms with E-state index in [-0.39, 0.29) is 12.6 Å². The van der Waals surface area contributed by atoms with Crippen LogP contribution in [-0.4, -0.2) is 66.6 Å². The lowest BCUT2D eigenvalue weighted by atomic mass is 10.2. The molecule has 2 N–H and O–H groups in total. The van der Waals surface area contributed by atoms with Crippen LogP contribution in [0.1, 0.15) is 31.2 Å². The van der Waals surface area contributed by atoms with Gasteiger partial charge >= 0.3 is 0 Å². The Morgan fingerprint density at radius 2 is 2.10 bits per heavy atom. The van der Waals surface area contributed by atoms with Gasteiger partial charge in [-0.3, -0.25) is 5.73 Å². The maximum atomic E-state index is 6.32. The number of nitrogens with two attached hydrogens (primary N) is 1. The predicted molar refractivity (Wildman–Crippen MR) is 114 cm³/mol. The van der Waals surface area contributed by atoms with Crippen LogP contribution < -0.4 is 5.73 Å². The van der Waals surface area contributed by atoms with E-state index in [1.165, 1.54) is 6.42 Å². The molecule has 3 aliphatic heterocycles. The Morgan fingerprint density at radius 1 is 1.28 bits per heavy atom. The number of benzene rings is 1. The SMILES string of the molecule is CN1CN(CCCOC2CCCCO2)C=C2C1=NC(N)N2Cc1ccc(Cl)cc1. The predicted octanol–water partition coefficient (Wildman–Crippen LogP) is 2.78. The smallest absolute Gasteiger partial charge is 0.176 e. The second-order valence-corrected chi connectivity index (χ2v) is 8.24. The molecule has 8 heteroatoms. The second-order valence-electron chi connectivity index (χ2n) is 7.81. The van der Waals surface area contributed by atoms with Crippen LogP contribution in [0.15, 0.2) is 41.2 Å². The molecule has 3 aliphatic rings. The highest BCUT2D eigenvalue weighted by molar-refractivity contribution is 6.30. The minimum atomic E-state index is -0.374. The fraction of sp³-hybridized carbons (Fsp3) is 0.571. The van der Waals surface area contributed by atoms with E-state index in [2.05, 4.69) is 32.9 Å². The summed E-state index contributed by atoms with van der Waals surface area (Å²) in [6.07, 6.45) is 6.08. The molecule has 2 atom stereocenters. The lowest BCUT2D eigenvalue weighted by molar-refractivity contribution is -0.163. The molecule has 7 nitrogen and oxygen atoms in total. The van der Waals surface area contributed by atoms with Crippen LogP contribution in [0, 0.1) is 0 Å². The number of amidine groups is 1. The number of ether oxygens (including phenoxy) is 2. The highest BCUT2D eigenvalue weighted by Crippen LogP contribution is 2.27. The van der Waals surface area contributed by atoms with E-state index in [1.54, 1.807) is 0 Å². The van der Waals surface area contributed by atoms with Gasteiger partial charge in [0.25, 0.3) is 0 Å². The maximum Gasteiger partial charge on any atom is 0.176 e. The Bertz CT molecular complexity index is 748. The Morgan fingerprint density at radius 3 is 2.86 bits per heavy atom. The molecular formula is C21H30ClN5O2. The molecule has 0 aromatic heterocycles. The fourth-order valence-electron chi connectivity index (χ4n) is 3.94. The van der Waals surface area contributed by atoms with Gasteiger partial charge in [0.1, 0.15) is 0 Å². The molecule has 0 spiro atoms. The standard InChI is InChI=1S/C21H30ClN5O2/c1-25-15-26(10-4-12-29-19-5-2-3-11-28-19)14-18-20(25)24-21(23)27(18)13-16-6-8-17(22)9-7-16/h6-9,14,19,21H,2-5,10-13,15,23H2,1H3. The molecule has 0 bridgehead atoms. The first-order valence-corrected chi connectivity index (χ1v) is 10.7. The largest absolute Gasteiger partial charge is 0.358 e. The first kappa shape index (κ1) is 20.5. The van der Waals surface area contributed by atoms with Crippen LogP contribution in [-0.2, 0) is 16.0 Å². The van der Waals surface area contributed by atoms with E-state index in [1.807, 2.05) is 24.3 Å². The summed E-state index contributed by atoms with van der Waals surface area (Å²) in [4.78, 5) is 11.2. The monoisotopic (exact) mass is 419 g/mol. The van der Waals surface area contributed by atoms with Crippen molar-refractivity contribution in [1.82, 2.24) is 14.7 Å². The Kier molecular flexibility index (Phi) is 6.60.